The number of aliphatic hydroxyl groups is 1. The van der Waals surface area contributed by atoms with Gasteiger partial charge in [0.25, 0.3) is 0 Å². The molecule has 0 unspecified atom stereocenters. The second kappa shape index (κ2) is 7.78. The monoisotopic (exact) mass is 270 g/mol. The minimum Gasteiger partial charge on any atom is -0.395 e. The molecule has 0 radical (unpaired) electrons. The number of rotatable bonds is 7. The smallest absolute Gasteiger partial charge is 0.0558 e. The highest BCUT2D eigenvalue weighted by Crippen LogP contribution is 2.09. The molecule has 2 aromatic rings. The molecule has 0 aliphatic heterocycles. The molecule has 106 valence electrons. The molecular weight excluding hydrogens is 248 g/mol. The fourth-order valence-electron chi connectivity index (χ4n) is 2.27. The van der Waals surface area contributed by atoms with Crippen LogP contribution in [0.25, 0.3) is 0 Å². The molecule has 1 aromatic heterocycles. The molecular formula is C17H22N2O. The number of aliphatic hydroxyl groups excluding tert-OH is 1. The van der Waals surface area contributed by atoms with Crippen LogP contribution >= 0.6 is 0 Å². The summed E-state index contributed by atoms with van der Waals surface area (Å²) in [5.74, 6) is 0. The molecule has 20 heavy (non-hydrogen) atoms. The van der Waals surface area contributed by atoms with E-state index in [1.54, 1.807) is 0 Å². The zero-order valence-electron chi connectivity index (χ0n) is 12.0. The lowest BCUT2D eigenvalue weighted by atomic mass is 10.1. The Balaban J connectivity index is 1.95. The Hall–Kier alpha value is -1.71. The van der Waals surface area contributed by atoms with Crippen molar-refractivity contribution in [2.45, 2.75) is 19.9 Å². The summed E-state index contributed by atoms with van der Waals surface area (Å²) in [6.07, 6.45) is 2.82. The molecule has 0 atom stereocenters. The lowest BCUT2D eigenvalue weighted by molar-refractivity contribution is 0.191. The highest BCUT2D eigenvalue weighted by atomic mass is 16.3. The zero-order chi connectivity index (χ0) is 14.2. The lowest BCUT2D eigenvalue weighted by Gasteiger charge is -2.22. The Bertz CT molecular complexity index is 513. The van der Waals surface area contributed by atoms with E-state index in [1.165, 1.54) is 11.1 Å². The summed E-state index contributed by atoms with van der Waals surface area (Å²) in [5, 5.41) is 9.22. The Morgan fingerprint density at radius 2 is 1.85 bits per heavy atom. The molecule has 1 aromatic carbocycles. The minimum absolute atomic E-state index is 0.189. The van der Waals surface area contributed by atoms with Gasteiger partial charge in [-0.3, -0.25) is 9.88 Å². The van der Waals surface area contributed by atoms with Crippen molar-refractivity contribution in [3.63, 3.8) is 0 Å². The van der Waals surface area contributed by atoms with Gasteiger partial charge in [-0.2, -0.15) is 0 Å². The van der Waals surface area contributed by atoms with E-state index in [0.29, 0.717) is 6.54 Å². The maximum atomic E-state index is 9.22. The van der Waals surface area contributed by atoms with Crippen LogP contribution in [0, 0.1) is 6.92 Å². The fourth-order valence-corrected chi connectivity index (χ4v) is 2.27. The third-order valence-corrected chi connectivity index (χ3v) is 3.49. The Morgan fingerprint density at radius 3 is 2.55 bits per heavy atom. The third kappa shape index (κ3) is 4.44. The van der Waals surface area contributed by atoms with Crippen molar-refractivity contribution >= 4 is 0 Å². The number of aryl methyl sites for hydroxylation is 1. The summed E-state index contributed by atoms with van der Waals surface area (Å²) < 4.78 is 0. The van der Waals surface area contributed by atoms with E-state index in [9.17, 15) is 5.11 Å². The van der Waals surface area contributed by atoms with Crippen LogP contribution < -0.4 is 0 Å². The van der Waals surface area contributed by atoms with Crippen molar-refractivity contribution in [1.82, 2.24) is 9.88 Å². The molecule has 2 rings (SSSR count). The lowest BCUT2D eigenvalue weighted by Crippen LogP contribution is -2.29. The van der Waals surface area contributed by atoms with Crippen LogP contribution in [0.15, 0.2) is 48.7 Å². The minimum atomic E-state index is 0.189. The van der Waals surface area contributed by atoms with Crippen molar-refractivity contribution < 1.29 is 5.11 Å². The molecule has 0 aliphatic rings. The highest BCUT2D eigenvalue weighted by molar-refractivity contribution is 5.18. The van der Waals surface area contributed by atoms with Crippen LogP contribution in [0.2, 0.25) is 0 Å². The topological polar surface area (TPSA) is 36.4 Å². The molecule has 0 saturated heterocycles. The van der Waals surface area contributed by atoms with E-state index in [2.05, 4.69) is 40.2 Å². The van der Waals surface area contributed by atoms with Gasteiger partial charge in [0.15, 0.2) is 0 Å². The molecule has 0 fully saturated rings. The fraction of sp³-hybridized carbons (Fsp3) is 0.353. The van der Waals surface area contributed by atoms with Crippen molar-refractivity contribution in [2.75, 3.05) is 19.7 Å². The van der Waals surface area contributed by atoms with E-state index < -0.39 is 0 Å². The number of hydrogen-bond donors (Lipinski definition) is 1. The molecule has 1 N–H and O–H groups in total. The first-order chi connectivity index (χ1) is 9.79. The van der Waals surface area contributed by atoms with E-state index in [1.807, 2.05) is 25.3 Å². The Kier molecular flexibility index (Phi) is 5.71. The van der Waals surface area contributed by atoms with Gasteiger partial charge in [0.05, 0.1) is 6.61 Å². The Morgan fingerprint density at radius 1 is 1.05 bits per heavy atom. The maximum Gasteiger partial charge on any atom is 0.0558 e. The second-order valence-corrected chi connectivity index (χ2v) is 4.98. The molecule has 1 heterocycles. The quantitative estimate of drug-likeness (QED) is 0.839. The summed E-state index contributed by atoms with van der Waals surface area (Å²) in [7, 11) is 0. The van der Waals surface area contributed by atoms with E-state index in [4.69, 9.17) is 0 Å². The first-order valence-electron chi connectivity index (χ1n) is 7.07. The maximum absolute atomic E-state index is 9.22. The van der Waals surface area contributed by atoms with Gasteiger partial charge in [0.2, 0.25) is 0 Å². The number of hydrogen-bond acceptors (Lipinski definition) is 3. The van der Waals surface area contributed by atoms with Gasteiger partial charge in [-0.15, -0.1) is 0 Å². The van der Waals surface area contributed by atoms with Crippen molar-refractivity contribution in [3.8, 4) is 0 Å². The van der Waals surface area contributed by atoms with Crippen LogP contribution in [-0.4, -0.2) is 34.7 Å². The molecule has 3 heteroatoms. The van der Waals surface area contributed by atoms with Crippen molar-refractivity contribution in [3.05, 3.63) is 65.5 Å². The van der Waals surface area contributed by atoms with E-state index in [0.717, 1.165) is 25.2 Å². The van der Waals surface area contributed by atoms with Crippen LogP contribution in [-0.2, 0) is 13.0 Å². The van der Waals surface area contributed by atoms with Crippen LogP contribution in [0.1, 0.15) is 16.8 Å². The van der Waals surface area contributed by atoms with Crippen molar-refractivity contribution in [2.24, 2.45) is 0 Å². The van der Waals surface area contributed by atoms with Gasteiger partial charge in [0, 0.05) is 31.5 Å². The first-order valence-corrected chi connectivity index (χ1v) is 7.07. The molecule has 0 spiro atoms. The highest BCUT2D eigenvalue weighted by Gasteiger charge is 2.08. The molecule has 0 amide bonds. The normalized spacial score (nSPS) is 10.9. The van der Waals surface area contributed by atoms with Gasteiger partial charge in [-0.25, -0.2) is 0 Å². The summed E-state index contributed by atoms with van der Waals surface area (Å²) in [4.78, 5) is 6.60. The predicted molar refractivity (Wildman–Crippen MR) is 81.5 cm³/mol. The number of aromatic nitrogens is 1. The predicted octanol–water partition coefficient (Wildman–Crippen LogP) is 2.43. The van der Waals surface area contributed by atoms with Crippen molar-refractivity contribution in [1.29, 1.82) is 0 Å². The molecule has 0 aliphatic carbocycles. The van der Waals surface area contributed by atoms with Gasteiger partial charge < -0.3 is 5.11 Å². The number of nitrogens with zero attached hydrogens (tertiary/aromatic N) is 2. The van der Waals surface area contributed by atoms with Crippen LogP contribution in [0.5, 0.6) is 0 Å². The molecule has 3 nitrogen and oxygen atoms in total. The molecule has 0 bridgehead atoms. The molecule has 0 saturated carbocycles. The Labute approximate surface area is 120 Å². The van der Waals surface area contributed by atoms with Crippen LogP contribution in [0.4, 0.5) is 0 Å². The average molecular weight is 270 g/mol. The standard InChI is InChI=1S/C17H22N2O/c1-15-17(8-5-10-18-15)14-19(12-13-20)11-9-16-6-3-2-4-7-16/h2-8,10,20H,9,11-14H2,1H3. The second-order valence-electron chi connectivity index (χ2n) is 4.98. The number of pyridine rings is 1. The van der Waals surface area contributed by atoms with Gasteiger partial charge in [0.1, 0.15) is 0 Å². The summed E-state index contributed by atoms with van der Waals surface area (Å²) in [6.45, 7) is 4.70. The average Bonchev–Trinajstić information content (AvgIpc) is 2.48. The van der Waals surface area contributed by atoms with Gasteiger partial charge >= 0.3 is 0 Å². The first kappa shape index (κ1) is 14.7. The summed E-state index contributed by atoms with van der Waals surface area (Å²) in [5.41, 5.74) is 3.63. The summed E-state index contributed by atoms with van der Waals surface area (Å²) in [6, 6.07) is 14.5. The number of benzene rings is 1. The zero-order valence-corrected chi connectivity index (χ0v) is 12.0. The third-order valence-electron chi connectivity index (χ3n) is 3.49. The van der Waals surface area contributed by atoms with Gasteiger partial charge in [-0.05, 0) is 30.5 Å². The SMILES string of the molecule is Cc1ncccc1CN(CCO)CCc1ccccc1. The van der Waals surface area contributed by atoms with Gasteiger partial charge in [-0.1, -0.05) is 36.4 Å². The largest absolute Gasteiger partial charge is 0.395 e. The van der Waals surface area contributed by atoms with E-state index in [-0.39, 0.29) is 6.61 Å². The summed E-state index contributed by atoms with van der Waals surface area (Å²) >= 11 is 0. The van der Waals surface area contributed by atoms with Crippen LogP contribution in [0.3, 0.4) is 0 Å². The van der Waals surface area contributed by atoms with E-state index >= 15 is 0 Å².